The monoisotopic (exact) mass is 347 g/mol. The van der Waals surface area contributed by atoms with E-state index in [4.69, 9.17) is 4.98 Å². The van der Waals surface area contributed by atoms with Crippen LogP contribution in [-0.4, -0.2) is 18.4 Å². The van der Waals surface area contributed by atoms with E-state index >= 15 is 0 Å². The van der Waals surface area contributed by atoms with Gasteiger partial charge < -0.3 is 0 Å². The third-order valence-corrected chi connectivity index (χ3v) is 5.36. The van der Waals surface area contributed by atoms with Crippen LogP contribution in [0, 0.1) is 0 Å². The van der Waals surface area contributed by atoms with E-state index in [-0.39, 0.29) is 0 Å². The van der Waals surface area contributed by atoms with Crippen LogP contribution < -0.4 is 0 Å². The summed E-state index contributed by atoms with van der Waals surface area (Å²) in [5.41, 5.74) is 7.08. The van der Waals surface area contributed by atoms with E-state index in [0.717, 1.165) is 12.1 Å². The first-order valence-electron chi connectivity index (χ1n) is 9.36. The zero-order valence-corrected chi connectivity index (χ0v) is 15.6. The van der Waals surface area contributed by atoms with Gasteiger partial charge in [-0.2, -0.15) is 0 Å². The molecule has 1 heterocycles. The molecule has 0 N–H and O–H groups in total. The van der Waals surface area contributed by atoms with E-state index in [1.807, 2.05) is 18.2 Å². The van der Waals surface area contributed by atoms with Gasteiger partial charge in [0, 0.05) is 0 Å². The third kappa shape index (κ3) is 2.73. The zero-order valence-electron chi connectivity index (χ0n) is 15.6. The predicted octanol–water partition coefficient (Wildman–Crippen LogP) is 4.53. The summed E-state index contributed by atoms with van der Waals surface area (Å²) in [5.74, 6) is 1.88. The van der Waals surface area contributed by atoms with Gasteiger partial charge in [0.25, 0.3) is 0 Å². The minimum atomic E-state index is -0.402. The van der Waals surface area contributed by atoms with Crippen LogP contribution in [0.15, 0.2) is 96.7 Å². The molecule has 0 amide bonds. The van der Waals surface area contributed by atoms with E-state index in [1.165, 1.54) is 27.8 Å². The average Bonchev–Trinajstić information content (AvgIpc) is 2.72. The summed E-state index contributed by atoms with van der Waals surface area (Å²) in [6.07, 6.45) is 9.19. The van der Waals surface area contributed by atoms with Gasteiger partial charge in [0.2, 0.25) is 0 Å². The molecule has 0 radical (unpaired) electrons. The molecule has 0 saturated heterocycles. The molecule has 0 bridgehead atoms. The molecule has 1 nitrogen and oxygen atoms in total. The van der Waals surface area contributed by atoms with Crippen LogP contribution in [0.4, 0.5) is 0 Å². The second-order valence-electron chi connectivity index (χ2n) is 6.81. The van der Waals surface area contributed by atoms with Crippen molar-refractivity contribution in [3.8, 4) is 0 Å². The van der Waals surface area contributed by atoms with Gasteiger partial charge >= 0.3 is 162 Å². The molecule has 3 aromatic rings. The van der Waals surface area contributed by atoms with E-state index in [1.54, 1.807) is 0 Å². The van der Waals surface area contributed by atoms with Gasteiger partial charge in [0.15, 0.2) is 0 Å². The van der Waals surface area contributed by atoms with E-state index < -0.39 is 5.41 Å². The second kappa shape index (κ2) is 7.32. The van der Waals surface area contributed by atoms with Crippen LogP contribution in [0.2, 0.25) is 0 Å². The summed E-state index contributed by atoms with van der Waals surface area (Å²) in [4.78, 5) is 4.76. The van der Waals surface area contributed by atoms with Crippen LogP contribution in [-0.2, 0) is 11.8 Å². The van der Waals surface area contributed by atoms with Gasteiger partial charge in [-0.3, -0.25) is 0 Å². The fourth-order valence-electron chi connectivity index (χ4n) is 4.37. The molecule has 1 aliphatic rings. The molecule has 130 valence electrons. The van der Waals surface area contributed by atoms with Crippen molar-refractivity contribution >= 4 is 13.5 Å². The molecule has 27 heavy (non-hydrogen) atoms. The SMILES string of the molecule is B=C/C=C(\C=C/C)C1(c2ccccc2)c2ccccc2Cc2ncccc21. The van der Waals surface area contributed by atoms with Crippen molar-refractivity contribution in [3.05, 3.63) is 125 Å². The summed E-state index contributed by atoms with van der Waals surface area (Å²) < 4.78 is 0. The molecular formula is C25H22BN. The number of benzene rings is 2. The van der Waals surface area contributed by atoms with Crippen molar-refractivity contribution in [2.75, 3.05) is 0 Å². The maximum absolute atomic E-state index is 4.76. The number of aromatic nitrogens is 1. The van der Waals surface area contributed by atoms with Gasteiger partial charge in [-0.15, -0.1) is 0 Å². The van der Waals surface area contributed by atoms with Crippen LogP contribution in [0.5, 0.6) is 0 Å². The number of hydrogen-bond acceptors (Lipinski definition) is 1. The van der Waals surface area contributed by atoms with Gasteiger partial charge in [-0.25, -0.2) is 0 Å². The topological polar surface area (TPSA) is 12.9 Å². The first kappa shape index (κ1) is 17.4. The standard InChI is InChI=1S/C25H22BN/c1-2-9-20(15-16-26)25(21-11-4-3-5-12-21)22-13-7-6-10-19(22)18-24-23(25)14-8-17-27-24/h2-17,26H,18H2,1H3/b9-2-,20-15+. The predicted molar refractivity (Wildman–Crippen MR) is 116 cm³/mol. The van der Waals surface area contributed by atoms with E-state index in [0.29, 0.717) is 0 Å². The van der Waals surface area contributed by atoms with Crippen molar-refractivity contribution in [1.82, 2.24) is 4.98 Å². The molecule has 4 rings (SSSR count). The molecule has 2 aromatic carbocycles. The van der Waals surface area contributed by atoms with Gasteiger partial charge in [0.05, 0.1) is 0 Å². The first-order chi connectivity index (χ1) is 13.3. The van der Waals surface area contributed by atoms with Crippen LogP contribution in [0.1, 0.15) is 34.9 Å². The van der Waals surface area contributed by atoms with Crippen molar-refractivity contribution in [2.24, 2.45) is 0 Å². The van der Waals surface area contributed by atoms with Crippen molar-refractivity contribution in [1.29, 1.82) is 0 Å². The van der Waals surface area contributed by atoms with Crippen LogP contribution in [0.25, 0.3) is 0 Å². The number of nitrogens with zero attached hydrogens (tertiary/aromatic N) is 1. The van der Waals surface area contributed by atoms with Crippen LogP contribution in [0.3, 0.4) is 0 Å². The quantitative estimate of drug-likeness (QED) is 0.499. The summed E-state index contributed by atoms with van der Waals surface area (Å²) in [7, 11) is 3.99. The minimum absolute atomic E-state index is 0.402. The first-order valence-corrected chi connectivity index (χ1v) is 9.36. The number of hydrogen-bond donors (Lipinski definition) is 0. The Morgan fingerprint density at radius 3 is 2.48 bits per heavy atom. The zero-order chi connectivity index (χ0) is 18.7. The molecule has 2 heteroatoms. The number of allylic oxidation sites excluding steroid dienone is 4. The van der Waals surface area contributed by atoms with Gasteiger partial charge in [0.1, 0.15) is 0 Å². The number of rotatable bonds is 4. The Morgan fingerprint density at radius 2 is 1.70 bits per heavy atom. The Balaban J connectivity index is 2.20. The fourth-order valence-corrected chi connectivity index (χ4v) is 4.37. The Bertz CT molecular complexity index is 985. The molecule has 1 atom stereocenters. The number of fused-ring (bicyclic) bond motifs is 2. The summed E-state index contributed by atoms with van der Waals surface area (Å²) in [6.45, 7) is 2.06. The molecule has 0 fully saturated rings. The molecule has 1 aromatic heterocycles. The van der Waals surface area contributed by atoms with Crippen molar-refractivity contribution in [3.63, 3.8) is 0 Å². The molecule has 1 aliphatic carbocycles. The van der Waals surface area contributed by atoms with Gasteiger partial charge in [-0.05, 0) is 0 Å². The molecular weight excluding hydrogens is 325 g/mol. The average molecular weight is 347 g/mol. The van der Waals surface area contributed by atoms with E-state index in [2.05, 4.69) is 93.3 Å². The molecule has 0 spiro atoms. The Labute approximate surface area is 162 Å². The molecule has 1 unspecified atom stereocenters. The fraction of sp³-hybridized carbons (Fsp3) is 0.120. The summed E-state index contributed by atoms with van der Waals surface area (Å²) in [6, 6.07) is 23.8. The van der Waals surface area contributed by atoms with E-state index in [9.17, 15) is 0 Å². The third-order valence-electron chi connectivity index (χ3n) is 5.36. The number of pyridine rings is 1. The Hall–Kier alpha value is -3.00. The summed E-state index contributed by atoms with van der Waals surface area (Å²) in [5, 5.41) is 0. The van der Waals surface area contributed by atoms with Crippen LogP contribution >= 0.6 is 0 Å². The maximum atomic E-state index is 4.76. The molecule has 0 aliphatic heterocycles. The second-order valence-corrected chi connectivity index (χ2v) is 6.81. The summed E-state index contributed by atoms with van der Waals surface area (Å²) >= 11 is 0. The normalized spacial score (nSPS) is 18.7. The Kier molecular flexibility index (Phi) is 4.72. The van der Waals surface area contributed by atoms with Gasteiger partial charge in [-0.1, -0.05) is 0 Å². The van der Waals surface area contributed by atoms with Crippen molar-refractivity contribution in [2.45, 2.75) is 18.8 Å². The molecule has 0 saturated carbocycles. The Morgan fingerprint density at radius 1 is 0.963 bits per heavy atom. The van der Waals surface area contributed by atoms with Crippen molar-refractivity contribution < 1.29 is 0 Å².